The van der Waals surface area contributed by atoms with E-state index in [0.29, 0.717) is 20.6 Å². The van der Waals surface area contributed by atoms with Gasteiger partial charge in [0.2, 0.25) is 0 Å². The first kappa shape index (κ1) is 13.3. The van der Waals surface area contributed by atoms with Crippen LogP contribution in [0.15, 0.2) is 12.1 Å². The Morgan fingerprint density at radius 3 is 2.00 bits per heavy atom. The fourth-order valence-corrected chi connectivity index (χ4v) is 1.84. The van der Waals surface area contributed by atoms with Gasteiger partial charge in [-0.05, 0) is 19.1 Å². The third kappa shape index (κ3) is 2.90. The van der Waals surface area contributed by atoms with Crippen molar-refractivity contribution in [1.82, 2.24) is 0 Å². The first-order chi connectivity index (χ1) is 5.54. The summed E-state index contributed by atoms with van der Waals surface area (Å²) in [7, 11) is 0. The molecular weight excluding hydrogens is 252 g/mol. The highest BCUT2D eigenvalue weighted by Crippen LogP contribution is 2.34. The lowest BCUT2D eigenvalue weighted by atomic mass is 10.1. The molecule has 0 aliphatic carbocycles. The van der Waals surface area contributed by atoms with Gasteiger partial charge in [-0.1, -0.05) is 34.8 Å². The van der Waals surface area contributed by atoms with Crippen molar-refractivity contribution in [2.45, 2.75) is 13.0 Å². The fraction of sp³-hybridized carbons (Fsp3) is 0.250. The van der Waals surface area contributed by atoms with E-state index in [1.54, 1.807) is 12.1 Å². The number of nitrogens with two attached hydrogens (primary N) is 1. The molecule has 0 saturated carbocycles. The van der Waals surface area contributed by atoms with Gasteiger partial charge in [0, 0.05) is 16.6 Å². The van der Waals surface area contributed by atoms with E-state index in [0.717, 1.165) is 0 Å². The lowest BCUT2D eigenvalue weighted by Crippen LogP contribution is -2.06. The third-order valence-electron chi connectivity index (χ3n) is 1.53. The van der Waals surface area contributed by atoms with Crippen molar-refractivity contribution in [3.63, 3.8) is 0 Å². The van der Waals surface area contributed by atoms with Gasteiger partial charge >= 0.3 is 0 Å². The SMILES string of the molecule is C[C@H](N)c1c(Cl)ccc(Cl)c1Cl.Cl. The summed E-state index contributed by atoms with van der Waals surface area (Å²) in [5, 5.41) is 1.48. The lowest BCUT2D eigenvalue weighted by Gasteiger charge is -2.11. The Kier molecular flexibility index (Phi) is 5.42. The Hall–Kier alpha value is 0.340. The quantitative estimate of drug-likeness (QED) is 0.757. The first-order valence-corrected chi connectivity index (χ1v) is 4.56. The molecule has 1 nitrogen and oxygen atoms in total. The highest BCUT2D eigenvalue weighted by Gasteiger charge is 2.12. The zero-order chi connectivity index (χ0) is 9.30. The molecule has 0 aliphatic rings. The van der Waals surface area contributed by atoms with Crippen molar-refractivity contribution < 1.29 is 0 Å². The maximum absolute atomic E-state index is 5.90. The second kappa shape index (κ2) is 5.28. The molecule has 0 spiro atoms. The lowest BCUT2D eigenvalue weighted by molar-refractivity contribution is 0.819. The second-order valence-electron chi connectivity index (χ2n) is 2.55. The third-order valence-corrected chi connectivity index (χ3v) is 2.68. The number of halogens is 4. The molecule has 1 rings (SSSR count). The summed E-state index contributed by atoms with van der Waals surface area (Å²) in [5.74, 6) is 0. The van der Waals surface area contributed by atoms with Crippen molar-refractivity contribution in [3.8, 4) is 0 Å². The van der Waals surface area contributed by atoms with Crippen LogP contribution in [0.2, 0.25) is 15.1 Å². The summed E-state index contributed by atoms with van der Waals surface area (Å²) in [4.78, 5) is 0. The minimum atomic E-state index is -0.205. The molecule has 0 unspecified atom stereocenters. The summed E-state index contributed by atoms with van der Waals surface area (Å²) < 4.78 is 0. The molecule has 1 atom stereocenters. The van der Waals surface area contributed by atoms with E-state index in [1.807, 2.05) is 6.92 Å². The van der Waals surface area contributed by atoms with Crippen LogP contribution < -0.4 is 5.73 Å². The highest BCUT2D eigenvalue weighted by molar-refractivity contribution is 6.44. The smallest absolute Gasteiger partial charge is 0.0654 e. The number of hydrogen-bond acceptors (Lipinski definition) is 1. The largest absolute Gasteiger partial charge is 0.324 e. The molecule has 0 aliphatic heterocycles. The van der Waals surface area contributed by atoms with Crippen molar-refractivity contribution in [1.29, 1.82) is 0 Å². The minimum absolute atomic E-state index is 0. The molecule has 0 bridgehead atoms. The first-order valence-electron chi connectivity index (χ1n) is 3.43. The van der Waals surface area contributed by atoms with Crippen molar-refractivity contribution in [3.05, 3.63) is 32.8 Å². The molecule has 74 valence electrons. The molecule has 2 N–H and O–H groups in total. The van der Waals surface area contributed by atoms with E-state index in [1.165, 1.54) is 0 Å². The van der Waals surface area contributed by atoms with Crippen LogP contribution in [-0.4, -0.2) is 0 Å². The van der Waals surface area contributed by atoms with Gasteiger partial charge in [0.15, 0.2) is 0 Å². The summed E-state index contributed by atoms with van der Waals surface area (Å²) >= 11 is 17.6. The average molecular weight is 261 g/mol. The average Bonchev–Trinajstić information content (AvgIpc) is 1.97. The van der Waals surface area contributed by atoms with Crippen molar-refractivity contribution >= 4 is 47.2 Å². The van der Waals surface area contributed by atoms with Crippen LogP contribution in [0.5, 0.6) is 0 Å². The van der Waals surface area contributed by atoms with Gasteiger partial charge in [-0.2, -0.15) is 0 Å². The van der Waals surface area contributed by atoms with Crippen molar-refractivity contribution in [2.75, 3.05) is 0 Å². The fourth-order valence-electron chi connectivity index (χ4n) is 0.960. The van der Waals surface area contributed by atoms with Crippen molar-refractivity contribution in [2.24, 2.45) is 5.73 Å². The van der Waals surface area contributed by atoms with Crippen LogP contribution in [-0.2, 0) is 0 Å². The van der Waals surface area contributed by atoms with Gasteiger partial charge < -0.3 is 5.73 Å². The molecule has 5 heteroatoms. The number of rotatable bonds is 1. The van der Waals surface area contributed by atoms with Crippen LogP contribution in [0.3, 0.4) is 0 Å². The van der Waals surface area contributed by atoms with Gasteiger partial charge in [-0.25, -0.2) is 0 Å². The summed E-state index contributed by atoms with van der Waals surface area (Å²) in [6, 6.07) is 3.13. The van der Waals surface area contributed by atoms with Gasteiger partial charge in [0.25, 0.3) is 0 Å². The molecule has 0 radical (unpaired) electrons. The Labute approximate surface area is 98.6 Å². The molecule has 0 saturated heterocycles. The summed E-state index contributed by atoms with van der Waals surface area (Å²) in [5.41, 5.74) is 6.36. The summed E-state index contributed by atoms with van der Waals surface area (Å²) in [6.07, 6.45) is 0. The normalized spacial score (nSPS) is 12.1. The topological polar surface area (TPSA) is 26.0 Å². The number of hydrogen-bond donors (Lipinski definition) is 1. The van der Waals surface area contributed by atoms with E-state index in [2.05, 4.69) is 0 Å². The van der Waals surface area contributed by atoms with Gasteiger partial charge in [0.05, 0.1) is 10.0 Å². The van der Waals surface area contributed by atoms with Crippen LogP contribution >= 0.6 is 47.2 Å². The van der Waals surface area contributed by atoms with Gasteiger partial charge in [0.1, 0.15) is 0 Å². The molecule has 0 amide bonds. The van der Waals surface area contributed by atoms with E-state index >= 15 is 0 Å². The molecule has 13 heavy (non-hydrogen) atoms. The zero-order valence-corrected chi connectivity index (χ0v) is 9.94. The van der Waals surface area contributed by atoms with Crippen LogP contribution in [0.1, 0.15) is 18.5 Å². The van der Waals surface area contributed by atoms with E-state index in [-0.39, 0.29) is 18.4 Å². The van der Waals surface area contributed by atoms with Gasteiger partial charge in [-0.15, -0.1) is 12.4 Å². The van der Waals surface area contributed by atoms with Crippen LogP contribution in [0, 0.1) is 0 Å². The molecule has 1 aromatic carbocycles. The Morgan fingerprint density at radius 2 is 1.62 bits per heavy atom. The predicted octanol–water partition coefficient (Wildman–Crippen LogP) is 4.09. The highest BCUT2D eigenvalue weighted by atomic mass is 35.5. The van der Waals surface area contributed by atoms with E-state index in [9.17, 15) is 0 Å². The molecule has 0 aromatic heterocycles. The standard InChI is InChI=1S/C8H8Cl3N.ClH/c1-4(12)7-5(9)2-3-6(10)8(7)11;/h2-4H,12H2,1H3;1H/t4-;/m0./s1. The molecule has 0 heterocycles. The van der Waals surface area contributed by atoms with E-state index in [4.69, 9.17) is 40.5 Å². The van der Waals surface area contributed by atoms with Crippen LogP contribution in [0.4, 0.5) is 0 Å². The Balaban J connectivity index is 0.00000144. The molecule has 0 fully saturated rings. The monoisotopic (exact) mass is 259 g/mol. The predicted molar refractivity (Wildman–Crippen MR) is 61.3 cm³/mol. The second-order valence-corrected chi connectivity index (χ2v) is 3.74. The van der Waals surface area contributed by atoms with Gasteiger partial charge in [-0.3, -0.25) is 0 Å². The van der Waals surface area contributed by atoms with Crippen LogP contribution in [0.25, 0.3) is 0 Å². The Bertz CT molecular complexity index is 298. The Morgan fingerprint density at radius 1 is 1.15 bits per heavy atom. The zero-order valence-electron chi connectivity index (χ0n) is 6.85. The summed E-state index contributed by atoms with van der Waals surface area (Å²) in [6.45, 7) is 1.81. The molecular formula is C8H9Cl4N. The molecule has 1 aromatic rings. The van der Waals surface area contributed by atoms with E-state index < -0.39 is 0 Å². The minimum Gasteiger partial charge on any atom is -0.324 e. The maximum Gasteiger partial charge on any atom is 0.0654 e. The number of benzene rings is 1. The maximum atomic E-state index is 5.90.